The quantitative estimate of drug-likeness (QED) is 0.121. The maximum Gasteiger partial charge on any atom is 0.220 e. The summed E-state index contributed by atoms with van der Waals surface area (Å²) in [5.41, 5.74) is 9.81. The van der Waals surface area contributed by atoms with Crippen LogP contribution in [-0.2, 0) is 0 Å². The predicted octanol–water partition coefficient (Wildman–Crippen LogP) is 21.5. The second-order valence-corrected chi connectivity index (χ2v) is 22.3. The molecule has 0 aliphatic carbocycles. The zero-order chi connectivity index (χ0) is 58.8. The Morgan fingerprint density at radius 3 is 1.71 bits per heavy atom. The lowest BCUT2D eigenvalue weighted by Crippen LogP contribution is -2.09. The summed E-state index contributed by atoms with van der Waals surface area (Å²) in [4.78, 5) is 4.55. The summed E-state index contributed by atoms with van der Waals surface area (Å²) in [6, 6.07) is 67.6. The summed E-state index contributed by atoms with van der Waals surface area (Å²) in [5, 5.41) is 20.5. The molecule has 0 atom stereocenters. The van der Waals surface area contributed by atoms with Gasteiger partial charge in [-0.2, -0.15) is 5.26 Å². The van der Waals surface area contributed by atoms with Crippen molar-refractivity contribution in [2.75, 3.05) is 0 Å². The van der Waals surface area contributed by atoms with E-state index in [1.807, 2.05) is 95.6 Å². The molecule has 0 saturated heterocycles. The van der Waals surface area contributed by atoms with Gasteiger partial charge in [-0.15, -0.1) is 22.7 Å². The third-order valence-corrected chi connectivity index (χ3v) is 18.7. The molecule has 0 aliphatic rings. The summed E-state index contributed by atoms with van der Waals surface area (Å²) >= 11 is 3.41. The number of nitrogens with zero attached hydrogens (tertiary/aromatic N) is 4. The van der Waals surface area contributed by atoms with Gasteiger partial charge in [0.2, 0.25) is 5.69 Å². The van der Waals surface area contributed by atoms with E-state index in [-0.39, 0.29) is 57.1 Å². The number of benzene rings is 13. The van der Waals surface area contributed by atoms with Gasteiger partial charge in [-0.05, 0) is 79.2 Å². The monoisotopic (exact) mass is 1060 g/mol. The van der Waals surface area contributed by atoms with Crippen LogP contribution >= 0.6 is 22.7 Å². The van der Waals surface area contributed by atoms with Crippen molar-refractivity contribution in [1.29, 1.82) is 5.26 Å². The maximum absolute atomic E-state index is 12.6. The number of aromatic nitrogens is 2. The van der Waals surface area contributed by atoms with Crippen LogP contribution in [0.5, 0.6) is 0 Å². The second-order valence-electron chi connectivity index (χ2n) is 20.2. The van der Waals surface area contributed by atoms with Crippen LogP contribution in [0.15, 0.2) is 242 Å². The fourth-order valence-corrected chi connectivity index (χ4v) is 15.6. The van der Waals surface area contributed by atoms with Gasteiger partial charge in [-0.3, -0.25) is 0 Å². The first-order valence-corrected chi connectivity index (χ1v) is 27.9. The summed E-state index contributed by atoms with van der Waals surface area (Å²) in [6.07, 6.45) is 0. The molecule has 0 fully saturated rings. The van der Waals surface area contributed by atoms with Gasteiger partial charge in [0.15, 0.2) is 0 Å². The van der Waals surface area contributed by atoms with E-state index in [1.54, 1.807) is 22.7 Å². The third-order valence-electron chi connectivity index (χ3n) is 16.2. The van der Waals surface area contributed by atoms with Crippen molar-refractivity contribution in [3.63, 3.8) is 0 Å². The van der Waals surface area contributed by atoms with Crippen molar-refractivity contribution < 1.29 is 9.60 Å². The maximum atomic E-state index is 12.6. The lowest BCUT2D eigenvalue weighted by Gasteiger charge is -2.26. The molecule has 0 radical (unpaired) electrons. The molecule has 0 spiro atoms. The van der Waals surface area contributed by atoms with Crippen LogP contribution in [0.3, 0.4) is 0 Å². The molecular formula is C74H40N4S2. The Hall–Kier alpha value is -10.3. The Balaban J connectivity index is 1.19. The average Bonchev–Trinajstić information content (AvgIpc) is 1.57. The number of thiophene rings is 2. The highest BCUT2D eigenvalue weighted by molar-refractivity contribution is 7.27. The van der Waals surface area contributed by atoms with Gasteiger partial charge in [0, 0.05) is 63.6 Å². The van der Waals surface area contributed by atoms with Crippen molar-refractivity contribution in [3.05, 3.63) is 259 Å². The first-order chi connectivity index (χ1) is 42.6. The Morgan fingerprint density at radius 1 is 0.412 bits per heavy atom. The Labute approximate surface area is 476 Å². The number of nitriles is 1. The van der Waals surface area contributed by atoms with Gasteiger partial charge in [0.1, 0.15) is 6.07 Å². The minimum absolute atomic E-state index is 0.0797. The zero-order valence-corrected chi connectivity index (χ0v) is 43.8. The molecule has 0 amide bonds. The molecule has 80 heavy (non-hydrogen) atoms. The molecule has 4 nitrogen and oxygen atoms in total. The van der Waals surface area contributed by atoms with Crippen LogP contribution in [0.25, 0.3) is 166 Å². The van der Waals surface area contributed by atoms with Crippen molar-refractivity contribution in [2.24, 2.45) is 0 Å². The molecule has 4 aromatic heterocycles. The molecule has 17 aromatic rings. The van der Waals surface area contributed by atoms with Gasteiger partial charge in [0.25, 0.3) is 0 Å². The summed E-state index contributed by atoms with van der Waals surface area (Å²) in [6.45, 7) is 9.61. The van der Waals surface area contributed by atoms with Crippen molar-refractivity contribution in [1.82, 2.24) is 9.13 Å². The van der Waals surface area contributed by atoms with Gasteiger partial charge < -0.3 is 9.13 Å². The lowest BCUT2D eigenvalue weighted by atomic mass is 9.88. The van der Waals surface area contributed by atoms with Crippen LogP contribution in [0.4, 0.5) is 5.69 Å². The summed E-state index contributed by atoms with van der Waals surface area (Å²) < 4.78 is 74.7. The van der Waals surface area contributed by atoms with E-state index in [1.165, 1.54) is 0 Å². The Bertz CT molecular complexity index is 5980. The highest BCUT2D eigenvalue weighted by Crippen LogP contribution is 2.57. The summed E-state index contributed by atoms with van der Waals surface area (Å²) in [5.74, 6) is 0. The van der Waals surface area contributed by atoms with Crippen LogP contribution in [0, 0.1) is 17.9 Å². The molecule has 13 aromatic carbocycles. The molecule has 4 heterocycles. The van der Waals surface area contributed by atoms with Crippen molar-refractivity contribution in [3.8, 4) is 62.0 Å². The SMILES string of the molecule is [2H]c1c([2H])c([2H])c2c(c1[2H])c1cccc3c1c1c2c([2H])c([2H])c([2H])c1n3-c1c([N+]#[C-])c(-c2ccccc2)c(C#N)c(-n2c3c(ccc4c5cccc(-c6ccccc6)c5sc43)c3c(-c4ccccc4)cc4c5ccccc5sc4c32)c1-c1ccccc1. The first kappa shape index (κ1) is 38.2. The van der Waals surface area contributed by atoms with Crippen molar-refractivity contribution in [2.45, 2.75) is 0 Å². The Kier molecular flexibility index (Phi) is 8.17. The van der Waals surface area contributed by atoms with Crippen LogP contribution in [0.1, 0.15) is 15.2 Å². The van der Waals surface area contributed by atoms with Gasteiger partial charge in [0.05, 0.1) is 64.6 Å². The van der Waals surface area contributed by atoms with Gasteiger partial charge in [-0.25, -0.2) is 4.85 Å². The topological polar surface area (TPSA) is 38.0 Å². The van der Waals surface area contributed by atoms with E-state index >= 15 is 0 Å². The van der Waals surface area contributed by atoms with Crippen molar-refractivity contribution >= 4 is 134 Å². The number of fused-ring (bicyclic) bond motifs is 14. The van der Waals surface area contributed by atoms with E-state index < -0.39 is 18.1 Å². The lowest BCUT2D eigenvalue weighted by molar-refractivity contribution is 1.14. The first-order valence-electron chi connectivity index (χ1n) is 29.8. The summed E-state index contributed by atoms with van der Waals surface area (Å²) in [7, 11) is 0. The second kappa shape index (κ2) is 17.1. The Morgan fingerprint density at radius 2 is 0.988 bits per heavy atom. The van der Waals surface area contributed by atoms with Gasteiger partial charge >= 0.3 is 0 Å². The smallest absolute Gasteiger partial charge is 0.220 e. The predicted molar refractivity (Wildman–Crippen MR) is 340 cm³/mol. The third kappa shape index (κ3) is 6.06. The minimum atomic E-state index is -0.480. The minimum Gasteiger partial charge on any atom is -0.318 e. The van der Waals surface area contributed by atoms with Crippen LogP contribution < -0.4 is 0 Å². The average molecular weight is 1060 g/mol. The molecule has 0 unspecified atom stereocenters. The van der Waals surface area contributed by atoms with E-state index in [0.717, 1.165) is 84.4 Å². The molecule has 0 saturated carbocycles. The molecule has 368 valence electrons. The molecule has 0 bridgehead atoms. The molecular weight excluding hydrogens is 1010 g/mol. The molecule has 6 heteroatoms. The number of hydrogen-bond donors (Lipinski definition) is 0. The molecule has 0 aliphatic heterocycles. The highest BCUT2D eigenvalue weighted by atomic mass is 32.1. The number of hydrogen-bond acceptors (Lipinski definition) is 3. The standard InChI is InChI=1S/C74H40N4S2/c1-76-67-62(45-25-10-4-11-26-45)58(42-75)68(63(46-27-12-5-13-28-46)70(67)77-59-36-19-33-51-48-29-14-15-30-49(48)52-34-20-37-60(77)66(52)65(51)59)78-69-55(40-39-54-53-35-18-32-47(72(53)80-73(54)69)43-21-6-2-7-22-43)64-56(44-23-8-3-9-24-44)41-57-50-31-16-17-38-61(50)79-74(57)71(64)78/h2-41H/i14D,15D,19D,29D,30D,33D,36D. The van der Waals surface area contributed by atoms with E-state index in [2.05, 4.69) is 125 Å². The van der Waals surface area contributed by atoms with Gasteiger partial charge in [-0.1, -0.05) is 218 Å². The largest absolute Gasteiger partial charge is 0.318 e. The van der Waals surface area contributed by atoms with Crippen LogP contribution in [0.2, 0.25) is 0 Å². The zero-order valence-electron chi connectivity index (χ0n) is 49.2. The number of rotatable bonds is 6. The molecule has 0 N–H and O–H groups in total. The molecule has 17 rings (SSSR count). The van der Waals surface area contributed by atoms with E-state index in [4.69, 9.17) is 2.74 Å². The van der Waals surface area contributed by atoms with E-state index in [9.17, 15) is 18.7 Å². The highest BCUT2D eigenvalue weighted by Gasteiger charge is 2.34. The fraction of sp³-hybridized carbons (Fsp3) is 0. The van der Waals surface area contributed by atoms with Crippen LogP contribution in [-0.4, -0.2) is 9.13 Å². The fourth-order valence-electron chi connectivity index (χ4n) is 13.0. The normalized spacial score (nSPS) is 13.2. The van der Waals surface area contributed by atoms with E-state index in [0.29, 0.717) is 55.3 Å².